The Kier molecular flexibility index (Phi) is 24.8. The SMILES string of the molecule is CCCCCCCCOC(=O)c1ccc(-c2ccc(OC(=O)CCCCCOc3ccc4ccccc4c3-c3c(OCCCCCC(=O)Oc4ccc(-c5ccc(C(=O)OCCCCCCCC)cc5)cc4)ccc4ccccc34)cc2)cc1. The van der Waals surface area contributed by atoms with Gasteiger partial charge in [0.1, 0.15) is 23.0 Å². The Balaban J connectivity index is 0.772. The van der Waals surface area contributed by atoms with Crippen molar-refractivity contribution in [2.24, 2.45) is 0 Å². The van der Waals surface area contributed by atoms with Gasteiger partial charge in [-0.3, -0.25) is 9.59 Å². The van der Waals surface area contributed by atoms with Crippen LogP contribution in [0.3, 0.4) is 0 Å². The number of benzene rings is 8. The van der Waals surface area contributed by atoms with Gasteiger partial charge in [0.25, 0.3) is 0 Å². The summed E-state index contributed by atoms with van der Waals surface area (Å²) in [5.41, 5.74) is 6.79. The average Bonchev–Trinajstić information content (AvgIpc) is 2.56. The molecule has 0 aliphatic heterocycles. The Morgan fingerprint density at radius 3 is 1.05 bits per heavy atom. The minimum atomic E-state index is -0.303. The zero-order valence-electron chi connectivity index (χ0n) is 49.2. The summed E-state index contributed by atoms with van der Waals surface area (Å²) in [6, 6.07) is 54.5. The van der Waals surface area contributed by atoms with E-state index in [1.807, 2.05) is 84.9 Å². The van der Waals surface area contributed by atoms with E-state index >= 15 is 0 Å². The van der Waals surface area contributed by atoms with Crippen LogP contribution in [0.4, 0.5) is 0 Å². The average molecular weight is 1130 g/mol. The van der Waals surface area contributed by atoms with Crippen molar-refractivity contribution in [3.63, 3.8) is 0 Å². The van der Waals surface area contributed by atoms with E-state index in [0.717, 1.165) is 118 Å². The lowest BCUT2D eigenvalue weighted by Gasteiger charge is -2.20. The maximum atomic E-state index is 12.9. The van der Waals surface area contributed by atoms with Crippen molar-refractivity contribution in [1.82, 2.24) is 0 Å². The second-order valence-corrected chi connectivity index (χ2v) is 21.6. The number of hydrogen-bond acceptors (Lipinski definition) is 10. The number of rotatable bonds is 35. The highest BCUT2D eigenvalue weighted by molar-refractivity contribution is 6.09. The van der Waals surface area contributed by atoms with Gasteiger partial charge in [0.15, 0.2) is 0 Å². The van der Waals surface area contributed by atoms with E-state index in [2.05, 4.69) is 50.2 Å². The zero-order valence-corrected chi connectivity index (χ0v) is 49.2. The van der Waals surface area contributed by atoms with Crippen LogP contribution in [0.5, 0.6) is 23.0 Å². The van der Waals surface area contributed by atoms with Crippen LogP contribution in [0.25, 0.3) is 54.9 Å². The molecule has 0 bridgehead atoms. The Bertz CT molecular complexity index is 3100. The maximum absolute atomic E-state index is 12.9. The molecule has 8 rings (SSSR count). The van der Waals surface area contributed by atoms with Crippen molar-refractivity contribution >= 4 is 45.4 Å². The first-order valence-electron chi connectivity index (χ1n) is 30.7. The van der Waals surface area contributed by atoms with Crippen LogP contribution in [0.2, 0.25) is 0 Å². The molecule has 0 aliphatic carbocycles. The standard InChI is InChI=1S/C74H82O10/c1-3-5-7-9-11-21-53-81-73(77)61-35-31-55(32-36-61)57-39-45-63(46-40-57)83-69(75)29-15-13-23-51-79-67-49-43-59-25-17-19-27-65(59)71(67)72-66-28-20-18-26-60(66)44-50-68(72)80-52-24-14-16-30-70(76)84-64-47-41-58(42-48-64)56-33-37-62(38-34-56)74(78)82-54-22-12-10-8-6-4-2/h17-20,25-28,31-50H,3-16,21-24,29-30,51-54H2,1-2H3. The van der Waals surface area contributed by atoms with Gasteiger partial charge in [-0.1, -0.05) is 187 Å². The molecular weight excluding hydrogens is 1050 g/mol. The predicted molar refractivity (Wildman–Crippen MR) is 337 cm³/mol. The molecule has 0 unspecified atom stereocenters. The summed E-state index contributed by atoms with van der Waals surface area (Å²) in [4.78, 5) is 51.0. The topological polar surface area (TPSA) is 124 Å². The quantitative estimate of drug-likeness (QED) is 0.0215. The van der Waals surface area contributed by atoms with Gasteiger partial charge < -0.3 is 28.4 Å². The van der Waals surface area contributed by atoms with Gasteiger partial charge in [-0.2, -0.15) is 0 Å². The number of hydrogen-bond donors (Lipinski definition) is 0. The van der Waals surface area contributed by atoms with Gasteiger partial charge in [-0.25, -0.2) is 9.59 Å². The van der Waals surface area contributed by atoms with Crippen LogP contribution in [-0.4, -0.2) is 50.3 Å². The zero-order chi connectivity index (χ0) is 58.6. The summed E-state index contributed by atoms with van der Waals surface area (Å²) in [6.07, 6.45) is 18.6. The van der Waals surface area contributed by atoms with Gasteiger partial charge in [0, 0.05) is 24.0 Å². The number of ether oxygens (including phenoxy) is 6. The highest BCUT2D eigenvalue weighted by atomic mass is 16.5. The van der Waals surface area contributed by atoms with Crippen LogP contribution in [0.1, 0.15) is 163 Å². The Morgan fingerprint density at radius 2 is 0.655 bits per heavy atom. The highest BCUT2D eigenvalue weighted by Crippen LogP contribution is 2.46. The Labute approximate surface area is 496 Å². The predicted octanol–water partition coefficient (Wildman–Crippen LogP) is 19.1. The Hall–Kier alpha value is -8.24. The number of unbranched alkanes of at least 4 members (excludes halogenated alkanes) is 14. The first kappa shape index (κ1) is 61.8. The molecule has 0 aliphatic rings. The van der Waals surface area contributed by atoms with E-state index in [9.17, 15) is 19.2 Å². The number of carbonyl (C=O) groups is 4. The lowest BCUT2D eigenvalue weighted by molar-refractivity contribution is -0.135. The first-order valence-corrected chi connectivity index (χ1v) is 30.7. The van der Waals surface area contributed by atoms with Crippen molar-refractivity contribution in [2.45, 2.75) is 142 Å². The summed E-state index contributed by atoms with van der Waals surface area (Å²) < 4.78 is 35.6. The molecule has 0 spiro atoms. The van der Waals surface area contributed by atoms with Crippen molar-refractivity contribution in [2.75, 3.05) is 26.4 Å². The Morgan fingerprint density at radius 1 is 0.321 bits per heavy atom. The molecule has 0 heterocycles. The van der Waals surface area contributed by atoms with Crippen molar-refractivity contribution < 1.29 is 47.6 Å². The number of carbonyl (C=O) groups excluding carboxylic acids is 4. The second-order valence-electron chi connectivity index (χ2n) is 21.6. The fourth-order valence-electron chi connectivity index (χ4n) is 10.4. The second kappa shape index (κ2) is 33.8. The molecule has 438 valence electrons. The van der Waals surface area contributed by atoms with Crippen molar-refractivity contribution in [3.05, 3.63) is 181 Å². The molecule has 0 saturated heterocycles. The molecule has 84 heavy (non-hydrogen) atoms. The molecule has 8 aromatic carbocycles. The first-order chi connectivity index (χ1) is 41.3. The number of esters is 4. The van der Waals surface area contributed by atoms with Gasteiger partial charge >= 0.3 is 23.9 Å². The van der Waals surface area contributed by atoms with Crippen molar-refractivity contribution in [3.8, 4) is 56.4 Å². The summed E-state index contributed by atoms with van der Waals surface area (Å²) in [5.74, 6) is 1.32. The molecule has 0 radical (unpaired) electrons. The minimum Gasteiger partial charge on any atom is -0.493 e. The molecule has 0 aromatic heterocycles. The fourth-order valence-corrected chi connectivity index (χ4v) is 10.4. The monoisotopic (exact) mass is 1130 g/mol. The lowest BCUT2D eigenvalue weighted by Crippen LogP contribution is -2.08. The molecule has 8 aromatic rings. The fraction of sp³-hybridized carbons (Fsp3) is 0.351. The van der Waals surface area contributed by atoms with Gasteiger partial charge in [0.2, 0.25) is 0 Å². The maximum Gasteiger partial charge on any atom is 0.338 e. The van der Waals surface area contributed by atoms with E-state index in [0.29, 0.717) is 61.9 Å². The van der Waals surface area contributed by atoms with Gasteiger partial charge in [-0.15, -0.1) is 0 Å². The van der Waals surface area contributed by atoms with E-state index in [1.165, 1.54) is 51.4 Å². The van der Waals surface area contributed by atoms with Crippen LogP contribution >= 0.6 is 0 Å². The van der Waals surface area contributed by atoms with E-state index in [-0.39, 0.29) is 36.7 Å². The lowest BCUT2D eigenvalue weighted by atomic mass is 9.92. The highest BCUT2D eigenvalue weighted by Gasteiger charge is 2.20. The molecule has 0 amide bonds. The van der Waals surface area contributed by atoms with Crippen LogP contribution in [-0.2, 0) is 19.1 Å². The molecule has 10 heteroatoms. The van der Waals surface area contributed by atoms with Gasteiger partial charge in [0.05, 0.1) is 37.6 Å². The summed E-state index contributed by atoms with van der Waals surface area (Å²) in [5, 5.41) is 4.29. The minimum absolute atomic E-state index is 0.284. The summed E-state index contributed by atoms with van der Waals surface area (Å²) in [7, 11) is 0. The largest absolute Gasteiger partial charge is 0.493 e. The molecule has 0 N–H and O–H groups in total. The third kappa shape index (κ3) is 18.9. The smallest absolute Gasteiger partial charge is 0.338 e. The third-order valence-corrected chi connectivity index (χ3v) is 15.1. The van der Waals surface area contributed by atoms with Gasteiger partial charge in [-0.05, 0) is 156 Å². The normalized spacial score (nSPS) is 11.1. The van der Waals surface area contributed by atoms with Crippen LogP contribution in [0, 0.1) is 0 Å². The molecule has 0 atom stereocenters. The third-order valence-electron chi connectivity index (χ3n) is 15.1. The summed E-state index contributed by atoms with van der Waals surface area (Å²) in [6.45, 7) is 6.21. The summed E-state index contributed by atoms with van der Waals surface area (Å²) >= 11 is 0. The van der Waals surface area contributed by atoms with E-state index in [4.69, 9.17) is 28.4 Å². The number of fused-ring (bicyclic) bond motifs is 2. The van der Waals surface area contributed by atoms with Crippen molar-refractivity contribution in [1.29, 1.82) is 0 Å². The van der Waals surface area contributed by atoms with E-state index < -0.39 is 0 Å². The van der Waals surface area contributed by atoms with Crippen LogP contribution in [0.15, 0.2) is 170 Å². The molecule has 10 nitrogen and oxygen atoms in total. The molecule has 0 fully saturated rings. The van der Waals surface area contributed by atoms with E-state index in [1.54, 1.807) is 48.5 Å². The van der Waals surface area contributed by atoms with Crippen LogP contribution < -0.4 is 18.9 Å². The molecule has 0 saturated carbocycles. The molecular formula is C74H82O10.